The minimum atomic E-state index is 0.408. The number of fused-ring (bicyclic) bond motifs is 1. The summed E-state index contributed by atoms with van der Waals surface area (Å²) in [6.45, 7) is 5.67. The van der Waals surface area contributed by atoms with Crippen LogP contribution in [0.15, 0.2) is 65.7 Å². The van der Waals surface area contributed by atoms with Gasteiger partial charge >= 0.3 is 0 Å². The lowest BCUT2D eigenvalue weighted by Gasteiger charge is -2.20. The number of anilines is 1. The van der Waals surface area contributed by atoms with Gasteiger partial charge in [0.1, 0.15) is 0 Å². The predicted octanol–water partition coefficient (Wildman–Crippen LogP) is 3.50. The van der Waals surface area contributed by atoms with Crippen molar-refractivity contribution in [3.05, 3.63) is 66.4 Å². The number of hydrogen-bond acceptors (Lipinski definition) is 2. The predicted molar refractivity (Wildman–Crippen MR) is 113 cm³/mol. The summed E-state index contributed by atoms with van der Waals surface area (Å²) >= 11 is 0. The Hall–Kier alpha value is -2.95. The van der Waals surface area contributed by atoms with Gasteiger partial charge in [0.25, 0.3) is 0 Å². The van der Waals surface area contributed by atoms with Gasteiger partial charge < -0.3 is 20.5 Å². The van der Waals surface area contributed by atoms with E-state index in [9.17, 15) is 0 Å². The summed E-state index contributed by atoms with van der Waals surface area (Å²) in [6, 6.07) is 21.5. The third-order valence-corrected chi connectivity index (χ3v) is 4.99. The molecule has 2 heterocycles. The maximum atomic E-state index is 4.78. The van der Waals surface area contributed by atoms with Crippen LogP contribution in [0, 0.1) is 0 Å². The fourth-order valence-corrected chi connectivity index (χ4v) is 3.65. The first-order valence-corrected chi connectivity index (χ1v) is 9.73. The number of rotatable bonds is 5. The van der Waals surface area contributed by atoms with Crippen molar-refractivity contribution in [3.8, 4) is 0 Å². The van der Waals surface area contributed by atoms with E-state index in [0.717, 1.165) is 43.2 Å². The molecule has 4 rings (SSSR count). The zero-order valence-corrected chi connectivity index (χ0v) is 15.8. The molecule has 1 unspecified atom stereocenters. The van der Waals surface area contributed by atoms with Crippen LogP contribution in [0.4, 0.5) is 5.69 Å². The van der Waals surface area contributed by atoms with Gasteiger partial charge in [0, 0.05) is 42.6 Å². The van der Waals surface area contributed by atoms with Crippen LogP contribution >= 0.6 is 0 Å². The minimum Gasteiger partial charge on any atom is -0.369 e. The van der Waals surface area contributed by atoms with Gasteiger partial charge in [0.05, 0.1) is 6.54 Å². The fourth-order valence-electron chi connectivity index (χ4n) is 3.65. The van der Waals surface area contributed by atoms with Crippen LogP contribution in [-0.4, -0.2) is 36.6 Å². The number of aromatic amines is 1. The van der Waals surface area contributed by atoms with E-state index in [2.05, 4.69) is 88.1 Å². The lowest BCUT2D eigenvalue weighted by Crippen LogP contribution is -2.44. The van der Waals surface area contributed by atoms with Gasteiger partial charge in [-0.15, -0.1) is 0 Å². The Labute approximate surface area is 160 Å². The molecule has 0 spiro atoms. The second-order valence-corrected chi connectivity index (χ2v) is 6.99. The first-order chi connectivity index (χ1) is 13.3. The highest BCUT2D eigenvalue weighted by atomic mass is 15.2. The topological polar surface area (TPSA) is 55.5 Å². The van der Waals surface area contributed by atoms with Crippen LogP contribution in [0.1, 0.15) is 19.0 Å². The number of H-pyrrole nitrogens is 1. The summed E-state index contributed by atoms with van der Waals surface area (Å²) in [5.74, 6) is 0.885. The normalized spacial score (nSPS) is 17.4. The molecule has 140 valence electrons. The zero-order chi connectivity index (χ0) is 18.5. The smallest absolute Gasteiger partial charge is 0.191 e. The Balaban J connectivity index is 1.39. The van der Waals surface area contributed by atoms with E-state index in [-0.39, 0.29) is 0 Å². The minimum absolute atomic E-state index is 0.408. The monoisotopic (exact) mass is 361 g/mol. The average Bonchev–Trinajstić information content (AvgIpc) is 3.33. The van der Waals surface area contributed by atoms with Crippen LogP contribution in [-0.2, 0) is 6.54 Å². The molecule has 1 aliphatic rings. The van der Waals surface area contributed by atoms with Crippen molar-refractivity contribution in [1.29, 1.82) is 0 Å². The summed E-state index contributed by atoms with van der Waals surface area (Å²) in [7, 11) is 0. The van der Waals surface area contributed by atoms with E-state index in [0.29, 0.717) is 12.6 Å². The first-order valence-electron chi connectivity index (χ1n) is 9.73. The van der Waals surface area contributed by atoms with E-state index in [1.807, 2.05) is 0 Å². The maximum absolute atomic E-state index is 4.78. The van der Waals surface area contributed by atoms with E-state index >= 15 is 0 Å². The maximum Gasteiger partial charge on any atom is 0.191 e. The Morgan fingerprint density at radius 1 is 1.15 bits per heavy atom. The Bertz CT molecular complexity index is 866. The number of hydrogen-bond donors (Lipinski definition) is 3. The summed E-state index contributed by atoms with van der Waals surface area (Å²) in [6.07, 6.45) is 1.12. The highest BCUT2D eigenvalue weighted by Crippen LogP contribution is 2.19. The number of para-hydroxylation sites is 2. The molecule has 1 aromatic heterocycles. The molecule has 0 aliphatic carbocycles. The van der Waals surface area contributed by atoms with Crippen LogP contribution in [0.3, 0.4) is 0 Å². The molecule has 1 atom stereocenters. The van der Waals surface area contributed by atoms with E-state index < -0.39 is 0 Å². The molecule has 0 saturated carbocycles. The summed E-state index contributed by atoms with van der Waals surface area (Å²) in [5.41, 5.74) is 3.59. The second kappa shape index (κ2) is 8.16. The summed E-state index contributed by atoms with van der Waals surface area (Å²) in [5, 5.41) is 8.21. The Morgan fingerprint density at radius 3 is 2.78 bits per heavy atom. The van der Waals surface area contributed by atoms with Crippen molar-refractivity contribution in [2.24, 2.45) is 4.99 Å². The van der Waals surface area contributed by atoms with Crippen molar-refractivity contribution in [2.75, 3.05) is 24.5 Å². The van der Waals surface area contributed by atoms with Crippen molar-refractivity contribution >= 4 is 22.5 Å². The van der Waals surface area contributed by atoms with Gasteiger partial charge in [0.2, 0.25) is 0 Å². The number of nitrogens with zero attached hydrogens (tertiary/aromatic N) is 2. The molecule has 1 fully saturated rings. The molecular weight excluding hydrogens is 334 g/mol. The van der Waals surface area contributed by atoms with Gasteiger partial charge in [0.15, 0.2) is 5.96 Å². The fraction of sp³-hybridized carbons (Fsp3) is 0.318. The largest absolute Gasteiger partial charge is 0.369 e. The number of nitrogens with one attached hydrogen (secondary N) is 3. The van der Waals surface area contributed by atoms with Gasteiger partial charge in [-0.25, -0.2) is 4.99 Å². The average molecular weight is 361 g/mol. The van der Waals surface area contributed by atoms with Crippen molar-refractivity contribution in [1.82, 2.24) is 15.6 Å². The molecule has 5 nitrogen and oxygen atoms in total. The molecule has 5 heteroatoms. The molecule has 0 radical (unpaired) electrons. The molecule has 1 saturated heterocycles. The van der Waals surface area contributed by atoms with Crippen molar-refractivity contribution in [2.45, 2.75) is 25.9 Å². The standard InChI is InChI=1S/C22H27N5/c1-2-23-22(24-15-19-14-17-8-6-7-11-21(17)25-19)26-18-12-13-27(16-18)20-9-4-3-5-10-20/h3-11,14,18,25H,2,12-13,15-16H2,1H3,(H2,23,24,26). The molecule has 3 aromatic rings. The number of aromatic nitrogens is 1. The van der Waals surface area contributed by atoms with Crippen LogP contribution in [0.2, 0.25) is 0 Å². The number of benzene rings is 2. The third kappa shape index (κ3) is 4.25. The quantitative estimate of drug-likeness (QED) is 0.482. The van der Waals surface area contributed by atoms with E-state index in [4.69, 9.17) is 4.99 Å². The Morgan fingerprint density at radius 2 is 1.96 bits per heavy atom. The van der Waals surface area contributed by atoms with Gasteiger partial charge in [-0.05, 0) is 43.0 Å². The Kier molecular flexibility index (Phi) is 5.28. The van der Waals surface area contributed by atoms with E-state index in [1.165, 1.54) is 11.1 Å². The van der Waals surface area contributed by atoms with E-state index in [1.54, 1.807) is 0 Å². The molecular formula is C22H27N5. The molecule has 2 aromatic carbocycles. The third-order valence-electron chi connectivity index (χ3n) is 4.99. The summed E-state index contributed by atoms with van der Waals surface area (Å²) < 4.78 is 0. The molecule has 3 N–H and O–H groups in total. The van der Waals surface area contributed by atoms with Crippen LogP contribution < -0.4 is 15.5 Å². The molecule has 0 amide bonds. The highest BCUT2D eigenvalue weighted by Gasteiger charge is 2.23. The van der Waals surface area contributed by atoms with Gasteiger partial charge in [-0.1, -0.05) is 36.4 Å². The van der Waals surface area contributed by atoms with Crippen molar-refractivity contribution in [3.63, 3.8) is 0 Å². The van der Waals surface area contributed by atoms with Crippen molar-refractivity contribution < 1.29 is 0 Å². The van der Waals surface area contributed by atoms with Crippen LogP contribution in [0.5, 0.6) is 0 Å². The van der Waals surface area contributed by atoms with Gasteiger partial charge in [-0.2, -0.15) is 0 Å². The molecule has 0 bridgehead atoms. The first kappa shape index (κ1) is 17.5. The molecule has 27 heavy (non-hydrogen) atoms. The lowest BCUT2D eigenvalue weighted by molar-refractivity contribution is 0.649. The van der Waals surface area contributed by atoms with Crippen LogP contribution in [0.25, 0.3) is 10.9 Å². The summed E-state index contributed by atoms with van der Waals surface area (Å²) in [4.78, 5) is 10.7. The number of aliphatic imine (C=N–C) groups is 1. The second-order valence-electron chi connectivity index (χ2n) is 6.99. The SMILES string of the molecule is CCNC(=NCc1cc2ccccc2[nH]1)NC1CCN(c2ccccc2)C1. The zero-order valence-electron chi connectivity index (χ0n) is 15.8. The van der Waals surface area contributed by atoms with Gasteiger partial charge in [-0.3, -0.25) is 0 Å². The molecule has 1 aliphatic heterocycles. The lowest BCUT2D eigenvalue weighted by atomic mass is 10.2. The number of guanidine groups is 1. The highest BCUT2D eigenvalue weighted by molar-refractivity contribution is 5.81.